The zero-order valence-electron chi connectivity index (χ0n) is 8.89. The summed E-state index contributed by atoms with van der Waals surface area (Å²) in [6.45, 7) is 3.08. The van der Waals surface area contributed by atoms with Crippen molar-refractivity contribution in [1.29, 1.82) is 0 Å². The van der Waals surface area contributed by atoms with Gasteiger partial charge in [0.05, 0.1) is 5.60 Å². The normalized spacial score (nSPS) is 31.9. The molecular formula is C11H22N2O. The van der Waals surface area contributed by atoms with Crippen molar-refractivity contribution >= 4 is 0 Å². The zero-order chi connectivity index (χ0) is 9.86. The first-order chi connectivity index (χ1) is 6.79. The van der Waals surface area contributed by atoms with Gasteiger partial charge in [-0.3, -0.25) is 0 Å². The molecule has 3 heteroatoms. The van der Waals surface area contributed by atoms with Crippen LogP contribution < -0.4 is 10.6 Å². The zero-order valence-corrected chi connectivity index (χ0v) is 8.89. The van der Waals surface area contributed by atoms with Crippen molar-refractivity contribution in [3.05, 3.63) is 0 Å². The first kappa shape index (κ1) is 10.4. The third-order valence-corrected chi connectivity index (χ3v) is 3.58. The van der Waals surface area contributed by atoms with E-state index < -0.39 is 0 Å². The lowest BCUT2D eigenvalue weighted by Crippen LogP contribution is -2.49. The van der Waals surface area contributed by atoms with E-state index in [0.29, 0.717) is 6.04 Å². The first-order valence-electron chi connectivity index (χ1n) is 5.95. The summed E-state index contributed by atoms with van der Waals surface area (Å²) in [7, 11) is 0. The van der Waals surface area contributed by atoms with E-state index in [9.17, 15) is 5.11 Å². The highest BCUT2D eigenvalue weighted by Crippen LogP contribution is 2.30. The maximum absolute atomic E-state index is 9.93. The molecule has 1 aliphatic heterocycles. The second kappa shape index (κ2) is 4.60. The average Bonchev–Trinajstić information content (AvgIpc) is 2.40. The predicted molar refractivity (Wildman–Crippen MR) is 57.3 cm³/mol. The van der Waals surface area contributed by atoms with E-state index in [-0.39, 0.29) is 5.60 Å². The minimum absolute atomic E-state index is 0.361. The summed E-state index contributed by atoms with van der Waals surface area (Å²) < 4.78 is 0. The lowest BCUT2D eigenvalue weighted by molar-refractivity contribution is -0.0334. The van der Waals surface area contributed by atoms with Gasteiger partial charge in [-0.05, 0) is 51.6 Å². The number of hydrogen-bond donors (Lipinski definition) is 3. The van der Waals surface area contributed by atoms with E-state index in [1.54, 1.807) is 0 Å². The molecule has 0 bridgehead atoms. The molecule has 0 amide bonds. The molecule has 82 valence electrons. The Bertz CT molecular complexity index is 172. The molecule has 2 rings (SSSR count). The van der Waals surface area contributed by atoms with Gasteiger partial charge in [-0.1, -0.05) is 0 Å². The van der Waals surface area contributed by atoms with Gasteiger partial charge in [0.25, 0.3) is 0 Å². The maximum Gasteiger partial charge on any atom is 0.0771 e. The van der Waals surface area contributed by atoms with E-state index >= 15 is 0 Å². The van der Waals surface area contributed by atoms with E-state index in [1.807, 2.05) is 0 Å². The fraction of sp³-hybridized carbons (Fsp3) is 1.00. The van der Waals surface area contributed by atoms with Crippen LogP contribution in [0.25, 0.3) is 0 Å². The topological polar surface area (TPSA) is 44.3 Å². The van der Waals surface area contributed by atoms with E-state index in [1.165, 1.54) is 25.7 Å². The smallest absolute Gasteiger partial charge is 0.0771 e. The Morgan fingerprint density at radius 3 is 2.79 bits per heavy atom. The molecule has 0 aromatic carbocycles. The summed E-state index contributed by atoms with van der Waals surface area (Å²) >= 11 is 0. The van der Waals surface area contributed by atoms with Gasteiger partial charge in [0.2, 0.25) is 0 Å². The monoisotopic (exact) mass is 198 g/mol. The van der Waals surface area contributed by atoms with Gasteiger partial charge in [0.1, 0.15) is 0 Å². The van der Waals surface area contributed by atoms with Crippen molar-refractivity contribution in [1.82, 2.24) is 10.6 Å². The molecule has 0 aromatic heterocycles. The molecule has 3 N–H and O–H groups in total. The molecule has 14 heavy (non-hydrogen) atoms. The Morgan fingerprint density at radius 1 is 1.21 bits per heavy atom. The van der Waals surface area contributed by atoms with Gasteiger partial charge < -0.3 is 15.7 Å². The lowest BCUT2D eigenvalue weighted by atomic mass is 9.80. The minimum Gasteiger partial charge on any atom is -0.389 e. The number of rotatable bonds is 3. The summed E-state index contributed by atoms with van der Waals surface area (Å²) in [6, 6.07) is 0.620. The van der Waals surface area contributed by atoms with Crippen LogP contribution in [-0.2, 0) is 0 Å². The predicted octanol–water partition coefficient (Wildman–Crippen LogP) is 0.633. The molecule has 1 aliphatic carbocycles. The van der Waals surface area contributed by atoms with Crippen LogP contribution in [0.3, 0.4) is 0 Å². The van der Waals surface area contributed by atoms with Gasteiger partial charge in [-0.15, -0.1) is 0 Å². The quantitative estimate of drug-likeness (QED) is 0.623. The lowest BCUT2D eigenvalue weighted by Gasteiger charge is -2.38. The Morgan fingerprint density at radius 2 is 2.07 bits per heavy atom. The Kier molecular flexibility index (Phi) is 3.42. The summed E-state index contributed by atoms with van der Waals surface area (Å²) in [4.78, 5) is 0. The van der Waals surface area contributed by atoms with E-state index in [2.05, 4.69) is 10.6 Å². The minimum atomic E-state index is -0.361. The second-order valence-electron chi connectivity index (χ2n) is 4.84. The van der Waals surface area contributed by atoms with Crippen LogP contribution in [0.4, 0.5) is 0 Å². The van der Waals surface area contributed by atoms with Gasteiger partial charge >= 0.3 is 0 Å². The van der Waals surface area contributed by atoms with Crippen molar-refractivity contribution in [2.75, 3.05) is 19.6 Å². The van der Waals surface area contributed by atoms with Crippen molar-refractivity contribution in [2.24, 2.45) is 0 Å². The van der Waals surface area contributed by atoms with Crippen LogP contribution in [0.2, 0.25) is 0 Å². The van der Waals surface area contributed by atoms with Gasteiger partial charge in [-0.2, -0.15) is 0 Å². The molecule has 0 radical (unpaired) electrons. The number of hydrogen-bond acceptors (Lipinski definition) is 3. The molecule has 1 heterocycles. The largest absolute Gasteiger partial charge is 0.389 e. The van der Waals surface area contributed by atoms with Gasteiger partial charge in [0, 0.05) is 12.6 Å². The highest BCUT2D eigenvalue weighted by atomic mass is 16.3. The summed E-state index contributed by atoms with van der Waals surface area (Å²) in [5.74, 6) is 0. The van der Waals surface area contributed by atoms with Crippen LogP contribution in [-0.4, -0.2) is 36.4 Å². The van der Waals surface area contributed by atoms with Crippen LogP contribution >= 0.6 is 0 Å². The molecule has 2 aliphatic rings. The average molecular weight is 198 g/mol. The van der Waals surface area contributed by atoms with Gasteiger partial charge in [0.15, 0.2) is 0 Å². The fourth-order valence-corrected chi connectivity index (χ4v) is 2.32. The summed E-state index contributed by atoms with van der Waals surface area (Å²) in [5, 5.41) is 16.8. The molecule has 1 atom stereocenters. The van der Waals surface area contributed by atoms with Crippen LogP contribution in [0, 0.1) is 0 Å². The summed E-state index contributed by atoms with van der Waals surface area (Å²) in [6.07, 6.45) is 6.90. The van der Waals surface area contributed by atoms with E-state index in [0.717, 1.165) is 32.5 Å². The van der Waals surface area contributed by atoms with Gasteiger partial charge in [-0.25, -0.2) is 0 Å². The highest BCUT2D eigenvalue weighted by molar-refractivity contribution is 4.90. The van der Waals surface area contributed by atoms with Crippen LogP contribution in [0.15, 0.2) is 0 Å². The molecule has 2 fully saturated rings. The maximum atomic E-state index is 9.93. The van der Waals surface area contributed by atoms with Crippen LogP contribution in [0.1, 0.15) is 38.5 Å². The fourth-order valence-electron chi connectivity index (χ4n) is 2.32. The molecule has 0 aromatic rings. The number of nitrogens with one attached hydrogen (secondary N) is 2. The Balaban J connectivity index is 1.68. The molecule has 1 saturated carbocycles. The van der Waals surface area contributed by atoms with Crippen molar-refractivity contribution < 1.29 is 5.11 Å². The number of aliphatic hydroxyl groups is 1. The van der Waals surface area contributed by atoms with E-state index in [4.69, 9.17) is 0 Å². The molecule has 1 unspecified atom stereocenters. The first-order valence-corrected chi connectivity index (χ1v) is 5.95. The second-order valence-corrected chi connectivity index (χ2v) is 4.84. The molecule has 0 spiro atoms. The molecular weight excluding hydrogens is 176 g/mol. The molecule has 1 saturated heterocycles. The Hall–Kier alpha value is -0.120. The SMILES string of the molecule is OC1(CNC2CCCNCC2)CCC1. The van der Waals surface area contributed by atoms with Crippen LogP contribution in [0.5, 0.6) is 0 Å². The van der Waals surface area contributed by atoms with Crippen molar-refractivity contribution in [2.45, 2.75) is 50.2 Å². The standard InChI is InChI=1S/C11H22N2O/c14-11(5-2-6-11)9-13-10-3-1-7-12-8-4-10/h10,12-14H,1-9H2. The third kappa shape index (κ3) is 2.69. The highest BCUT2D eigenvalue weighted by Gasteiger charge is 2.34. The molecule has 3 nitrogen and oxygen atoms in total. The Labute approximate surface area is 86.3 Å². The third-order valence-electron chi connectivity index (χ3n) is 3.58. The summed E-state index contributed by atoms with van der Waals surface area (Å²) in [5.41, 5.74) is -0.361. The van der Waals surface area contributed by atoms with Crippen molar-refractivity contribution in [3.63, 3.8) is 0 Å². The van der Waals surface area contributed by atoms with Crippen molar-refractivity contribution in [3.8, 4) is 0 Å².